The van der Waals surface area contributed by atoms with E-state index in [1.165, 1.54) is 11.1 Å². The number of phenols is 1. The van der Waals surface area contributed by atoms with Gasteiger partial charge in [-0.15, -0.1) is 0 Å². The highest BCUT2D eigenvalue weighted by Crippen LogP contribution is 2.60. The standard InChI is InChI=1S/C23H25NO2/c1-23-11-8-16-15-4-6-20(25)22(14-9-12-24-13-10-14)18(15)3-2-17(16)19(23)5-7-21(23)26/h4,6,9-10,12-13,16-17,19,25H,2-3,5,7-8,11H2,1H3/t16-,17-,19+,23+/m1/s1. The summed E-state index contributed by atoms with van der Waals surface area (Å²) in [5.74, 6) is 2.55. The molecule has 5 rings (SSSR count). The lowest BCUT2D eigenvalue weighted by atomic mass is 9.55. The average molecular weight is 347 g/mol. The SMILES string of the molecule is C[C@]12CC[C@@H]3c4ccc(O)c(-c5ccncc5)c4CC[C@H]3[C@@H]1CCC2=O. The Morgan fingerprint density at radius 2 is 1.88 bits per heavy atom. The molecule has 0 unspecified atom stereocenters. The third-order valence-corrected chi connectivity index (χ3v) is 7.57. The molecule has 3 heteroatoms. The molecule has 0 aliphatic heterocycles. The van der Waals surface area contributed by atoms with Crippen LogP contribution in [0.2, 0.25) is 0 Å². The molecule has 134 valence electrons. The molecule has 2 aromatic rings. The summed E-state index contributed by atoms with van der Waals surface area (Å²) in [5, 5.41) is 10.6. The highest BCUT2D eigenvalue weighted by atomic mass is 16.3. The van der Waals surface area contributed by atoms with E-state index in [1.807, 2.05) is 18.2 Å². The third-order valence-electron chi connectivity index (χ3n) is 7.57. The van der Waals surface area contributed by atoms with Gasteiger partial charge in [0.2, 0.25) is 0 Å². The Hall–Kier alpha value is -2.16. The van der Waals surface area contributed by atoms with Crippen molar-refractivity contribution in [3.05, 3.63) is 47.8 Å². The predicted molar refractivity (Wildman–Crippen MR) is 101 cm³/mol. The molecular weight excluding hydrogens is 322 g/mol. The maximum Gasteiger partial charge on any atom is 0.139 e. The summed E-state index contributed by atoms with van der Waals surface area (Å²) in [7, 11) is 0. The molecule has 0 bridgehead atoms. The van der Waals surface area contributed by atoms with Crippen molar-refractivity contribution in [1.29, 1.82) is 0 Å². The minimum atomic E-state index is -0.0798. The molecule has 1 aromatic heterocycles. The lowest BCUT2D eigenvalue weighted by Gasteiger charge is -2.48. The van der Waals surface area contributed by atoms with Crippen LogP contribution in [0.3, 0.4) is 0 Å². The van der Waals surface area contributed by atoms with Crippen molar-refractivity contribution in [3.8, 4) is 16.9 Å². The minimum absolute atomic E-state index is 0.0798. The topological polar surface area (TPSA) is 50.2 Å². The second-order valence-electron chi connectivity index (χ2n) is 8.60. The lowest BCUT2D eigenvalue weighted by molar-refractivity contribution is -0.129. The van der Waals surface area contributed by atoms with Crippen molar-refractivity contribution in [3.63, 3.8) is 0 Å². The van der Waals surface area contributed by atoms with Gasteiger partial charge in [-0.25, -0.2) is 0 Å². The van der Waals surface area contributed by atoms with Gasteiger partial charge in [0.05, 0.1) is 0 Å². The molecule has 2 saturated carbocycles. The fourth-order valence-corrected chi connectivity index (χ4v) is 6.27. The first-order chi connectivity index (χ1) is 12.6. The zero-order chi connectivity index (χ0) is 17.9. The number of pyridine rings is 1. The Labute approximate surface area is 154 Å². The number of aromatic hydroxyl groups is 1. The normalized spacial score (nSPS) is 32.7. The predicted octanol–water partition coefficient (Wildman–Crippen LogP) is 4.88. The molecule has 4 atom stereocenters. The molecule has 0 saturated heterocycles. The number of hydrogen-bond acceptors (Lipinski definition) is 3. The maximum absolute atomic E-state index is 12.5. The zero-order valence-electron chi connectivity index (χ0n) is 15.2. The first-order valence-corrected chi connectivity index (χ1v) is 9.88. The Balaban J connectivity index is 1.59. The second kappa shape index (κ2) is 5.67. The summed E-state index contributed by atoms with van der Waals surface area (Å²) in [6.45, 7) is 2.22. The van der Waals surface area contributed by atoms with Crippen LogP contribution in [0.15, 0.2) is 36.7 Å². The highest BCUT2D eigenvalue weighted by Gasteiger charge is 2.54. The Morgan fingerprint density at radius 1 is 1.08 bits per heavy atom. The quantitative estimate of drug-likeness (QED) is 0.800. The van der Waals surface area contributed by atoms with E-state index in [2.05, 4.69) is 18.0 Å². The van der Waals surface area contributed by atoms with Crippen LogP contribution >= 0.6 is 0 Å². The van der Waals surface area contributed by atoms with Crippen LogP contribution < -0.4 is 0 Å². The van der Waals surface area contributed by atoms with Gasteiger partial charge in [0.15, 0.2) is 0 Å². The van der Waals surface area contributed by atoms with Crippen molar-refractivity contribution >= 4 is 5.78 Å². The van der Waals surface area contributed by atoms with Gasteiger partial charge in [0.25, 0.3) is 0 Å². The Morgan fingerprint density at radius 3 is 2.69 bits per heavy atom. The van der Waals surface area contributed by atoms with Crippen molar-refractivity contribution in [2.45, 2.75) is 51.4 Å². The summed E-state index contributed by atoms with van der Waals surface area (Å²) < 4.78 is 0. The molecule has 1 N–H and O–H groups in total. The van der Waals surface area contributed by atoms with Crippen LogP contribution in [-0.2, 0) is 11.2 Å². The number of rotatable bonds is 1. The number of carbonyl (C=O) groups is 1. The van der Waals surface area contributed by atoms with E-state index in [1.54, 1.807) is 12.4 Å². The van der Waals surface area contributed by atoms with Crippen LogP contribution in [0.25, 0.3) is 11.1 Å². The lowest BCUT2D eigenvalue weighted by Crippen LogP contribution is -2.42. The maximum atomic E-state index is 12.5. The number of nitrogens with zero attached hydrogens (tertiary/aromatic N) is 1. The van der Waals surface area contributed by atoms with Crippen molar-refractivity contribution in [2.24, 2.45) is 17.3 Å². The van der Waals surface area contributed by atoms with E-state index in [4.69, 9.17) is 0 Å². The number of phenolic OH excluding ortho intramolecular Hbond substituents is 1. The summed E-state index contributed by atoms with van der Waals surface area (Å²) >= 11 is 0. The van der Waals surface area contributed by atoms with Gasteiger partial charge in [0.1, 0.15) is 11.5 Å². The number of ketones is 1. The second-order valence-corrected chi connectivity index (χ2v) is 8.60. The first-order valence-electron chi connectivity index (χ1n) is 9.88. The van der Waals surface area contributed by atoms with E-state index in [-0.39, 0.29) is 5.41 Å². The van der Waals surface area contributed by atoms with Crippen LogP contribution in [0, 0.1) is 17.3 Å². The van der Waals surface area contributed by atoms with E-state index in [0.29, 0.717) is 29.3 Å². The molecule has 3 aliphatic rings. The van der Waals surface area contributed by atoms with E-state index in [9.17, 15) is 9.90 Å². The number of Topliss-reactive ketones (excluding diaryl/α,β-unsaturated/α-hetero) is 1. The van der Waals surface area contributed by atoms with Crippen molar-refractivity contribution in [1.82, 2.24) is 4.98 Å². The number of aromatic nitrogens is 1. The molecule has 3 aliphatic carbocycles. The molecule has 0 spiro atoms. The largest absolute Gasteiger partial charge is 0.507 e. The van der Waals surface area contributed by atoms with E-state index >= 15 is 0 Å². The number of fused-ring (bicyclic) bond motifs is 5. The Kier molecular flexibility index (Phi) is 3.50. The van der Waals surface area contributed by atoms with Gasteiger partial charge in [-0.05, 0) is 84.7 Å². The van der Waals surface area contributed by atoms with Crippen LogP contribution in [0.4, 0.5) is 0 Å². The molecule has 3 nitrogen and oxygen atoms in total. The van der Waals surface area contributed by atoms with Gasteiger partial charge in [-0.1, -0.05) is 13.0 Å². The van der Waals surface area contributed by atoms with Gasteiger partial charge in [0, 0.05) is 29.8 Å². The molecular formula is C23H25NO2. The smallest absolute Gasteiger partial charge is 0.139 e. The first kappa shape index (κ1) is 16.0. The minimum Gasteiger partial charge on any atom is -0.507 e. The summed E-state index contributed by atoms with van der Waals surface area (Å²) in [5.41, 5.74) is 4.67. The third kappa shape index (κ3) is 2.12. The molecule has 0 amide bonds. The molecule has 1 heterocycles. The summed E-state index contributed by atoms with van der Waals surface area (Å²) in [6, 6.07) is 7.97. The van der Waals surface area contributed by atoms with Gasteiger partial charge in [-0.2, -0.15) is 0 Å². The number of hydrogen-bond donors (Lipinski definition) is 1. The van der Waals surface area contributed by atoms with Gasteiger partial charge >= 0.3 is 0 Å². The van der Waals surface area contributed by atoms with Crippen LogP contribution in [-0.4, -0.2) is 15.9 Å². The molecule has 1 aromatic carbocycles. The number of benzene rings is 1. The average Bonchev–Trinajstić information content (AvgIpc) is 2.97. The fourth-order valence-electron chi connectivity index (χ4n) is 6.27. The van der Waals surface area contributed by atoms with Crippen molar-refractivity contribution in [2.75, 3.05) is 0 Å². The molecule has 26 heavy (non-hydrogen) atoms. The van der Waals surface area contributed by atoms with E-state index in [0.717, 1.165) is 49.7 Å². The van der Waals surface area contributed by atoms with Crippen LogP contribution in [0.1, 0.15) is 56.1 Å². The van der Waals surface area contributed by atoms with E-state index < -0.39 is 0 Å². The van der Waals surface area contributed by atoms with Gasteiger partial charge in [-0.3, -0.25) is 9.78 Å². The highest BCUT2D eigenvalue weighted by molar-refractivity contribution is 5.87. The van der Waals surface area contributed by atoms with Crippen molar-refractivity contribution < 1.29 is 9.90 Å². The summed E-state index contributed by atoms with van der Waals surface area (Å²) in [6.07, 6.45) is 9.65. The molecule has 0 radical (unpaired) electrons. The fraction of sp³-hybridized carbons (Fsp3) is 0.478. The zero-order valence-corrected chi connectivity index (χ0v) is 15.2. The Bertz CT molecular complexity index is 875. The number of carbonyl (C=O) groups excluding carboxylic acids is 1. The summed E-state index contributed by atoms with van der Waals surface area (Å²) in [4.78, 5) is 16.6. The molecule has 2 fully saturated rings. The van der Waals surface area contributed by atoms with Crippen LogP contribution in [0.5, 0.6) is 5.75 Å². The monoisotopic (exact) mass is 347 g/mol. The van der Waals surface area contributed by atoms with Gasteiger partial charge < -0.3 is 5.11 Å².